The summed E-state index contributed by atoms with van der Waals surface area (Å²) in [5, 5.41) is 24.3. The van der Waals surface area contributed by atoms with Crippen LogP contribution >= 0.6 is 0 Å². The van der Waals surface area contributed by atoms with Crippen LogP contribution in [0.2, 0.25) is 0 Å². The van der Waals surface area contributed by atoms with Crippen LogP contribution in [0, 0.1) is 20.2 Å². The number of hydrogen-bond acceptors (Lipinski definition) is 9. The van der Waals surface area contributed by atoms with Crippen molar-refractivity contribution in [1.82, 2.24) is 5.32 Å². The fraction of sp³-hybridized carbons (Fsp3) is 0.115. The van der Waals surface area contributed by atoms with Crippen LogP contribution in [0.25, 0.3) is 6.08 Å². The second-order valence-corrected chi connectivity index (χ2v) is 8.41. The molecule has 13 nitrogen and oxygen atoms in total. The van der Waals surface area contributed by atoms with E-state index in [4.69, 9.17) is 9.47 Å². The molecule has 16 heteroatoms. The topological polar surface area (TPSA) is 171 Å². The third-order valence-corrected chi connectivity index (χ3v) is 5.70. The number of rotatable bonds is 8. The summed E-state index contributed by atoms with van der Waals surface area (Å²) in [7, 11) is 0. The number of urea groups is 1. The quantitative estimate of drug-likeness (QED) is 0.157. The van der Waals surface area contributed by atoms with E-state index in [1.54, 1.807) is 6.92 Å². The number of ether oxygens (including phenoxy) is 2. The number of halogens is 3. The van der Waals surface area contributed by atoms with Gasteiger partial charge in [0.15, 0.2) is 11.5 Å². The van der Waals surface area contributed by atoms with Gasteiger partial charge >= 0.3 is 17.9 Å². The molecule has 0 radical (unpaired) electrons. The molecule has 3 aromatic rings. The molecule has 0 unspecified atom stereocenters. The highest BCUT2D eigenvalue weighted by Gasteiger charge is 2.37. The summed E-state index contributed by atoms with van der Waals surface area (Å²) < 4.78 is 50.2. The van der Waals surface area contributed by atoms with Crippen molar-refractivity contribution in [3.05, 3.63) is 97.6 Å². The van der Waals surface area contributed by atoms with Crippen LogP contribution < -0.4 is 19.7 Å². The van der Waals surface area contributed by atoms with Gasteiger partial charge in [-0.3, -0.25) is 35.1 Å². The zero-order chi connectivity index (χ0) is 30.8. The van der Waals surface area contributed by atoms with Crippen LogP contribution in [0.4, 0.5) is 35.0 Å². The highest BCUT2D eigenvalue weighted by Crippen LogP contribution is 2.40. The van der Waals surface area contributed by atoms with Crippen molar-refractivity contribution < 1.29 is 46.9 Å². The van der Waals surface area contributed by atoms with E-state index in [9.17, 15) is 47.8 Å². The van der Waals surface area contributed by atoms with Crippen LogP contribution in [0.5, 0.6) is 17.2 Å². The minimum atomic E-state index is -4.82. The molecule has 1 saturated heterocycles. The molecule has 1 aliphatic heterocycles. The molecule has 1 N–H and O–H groups in total. The second kappa shape index (κ2) is 11.4. The largest absolute Gasteiger partial charge is 0.490 e. The first-order valence-electron chi connectivity index (χ1n) is 11.8. The SMILES string of the molecule is CCOc1cc(/C=C2\C(=O)NC(=O)N(c3ccc([N+](=O)[O-])cc3)C2=O)ccc1Oc1ccc(C(F)(F)F)cc1[N+](=O)[O-]. The summed E-state index contributed by atoms with van der Waals surface area (Å²) in [6.45, 7) is 1.66. The molecular weight excluding hydrogens is 569 g/mol. The van der Waals surface area contributed by atoms with Crippen molar-refractivity contribution in [2.24, 2.45) is 0 Å². The van der Waals surface area contributed by atoms with Gasteiger partial charge < -0.3 is 9.47 Å². The van der Waals surface area contributed by atoms with Crippen LogP contribution in [0.3, 0.4) is 0 Å². The van der Waals surface area contributed by atoms with Gasteiger partial charge in [-0.1, -0.05) is 6.07 Å². The Labute approximate surface area is 233 Å². The zero-order valence-electron chi connectivity index (χ0n) is 21.2. The van der Waals surface area contributed by atoms with Crippen molar-refractivity contribution in [1.29, 1.82) is 0 Å². The molecular formula is C26H17F3N4O9. The number of nitrogens with one attached hydrogen (secondary N) is 1. The average molecular weight is 586 g/mol. The highest BCUT2D eigenvalue weighted by molar-refractivity contribution is 6.39. The van der Waals surface area contributed by atoms with E-state index >= 15 is 0 Å². The molecule has 0 aromatic heterocycles. The van der Waals surface area contributed by atoms with Gasteiger partial charge in [-0.15, -0.1) is 0 Å². The Morgan fingerprint density at radius 3 is 2.17 bits per heavy atom. The number of amides is 4. The minimum absolute atomic E-state index is 0.0342. The van der Waals surface area contributed by atoms with Gasteiger partial charge in [0.1, 0.15) is 5.57 Å². The number of benzene rings is 3. The minimum Gasteiger partial charge on any atom is -0.490 e. The molecule has 1 aliphatic rings. The summed E-state index contributed by atoms with van der Waals surface area (Å²) in [5.74, 6) is -2.71. The summed E-state index contributed by atoms with van der Waals surface area (Å²) in [6.07, 6.45) is -3.70. The Balaban J connectivity index is 1.68. The van der Waals surface area contributed by atoms with Gasteiger partial charge in [0.2, 0.25) is 5.75 Å². The summed E-state index contributed by atoms with van der Waals surface area (Å²) in [5.41, 5.74) is -2.82. The van der Waals surface area contributed by atoms with Crippen molar-refractivity contribution in [3.63, 3.8) is 0 Å². The van der Waals surface area contributed by atoms with E-state index in [1.807, 2.05) is 5.32 Å². The van der Waals surface area contributed by atoms with Crippen molar-refractivity contribution in [3.8, 4) is 17.2 Å². The van der Waals surface area contributed by atoms with E-state index in [1.165, 1.54) is 18.2 Å². The van der Waals surface area contributed by atoms with Crippen molar-refractivity contribution >= 4 is 41.0 Å². The number of barbiturate groups is 1. The lowest BCUT2D eigenvalue weighted by Gasteiger charge is -2.26. The molecule has 0 aliphatic carbocycles. The number of imide groups is 2. The molecule has 0 saturated carbocycles. The summed E-state index contributed by atoms with van der Waals surface area (Å²) in [6, 6.07) is 9.01. The molecule has 4 rings (SSSR count). The fourth-order valence-corrected chi connectivity index (χ4v) is 3.79. The lowest BCUT2D eigenvalue weighted by atomic mass is 10.1. The maximum absolute atomic E-state index is 13.1. The van der Waals surface area contributed by atoms with Gasteiger partial charge in [0, 0.05) is 18.2 Å². The van der Waals surface area contributed by atoms with Crippen LogP contribution in [-0.4, -0.2) is 34.3 Å². The number of carbonyl (C=O) groups excluding carboxylic acids is 3. The van der Waals surface area contributed by atoms with Gasteiger partial charge in [-0.2, -0.15) is 13.2 Å². The predicted molar refractivity (Wildman–Crippen MR) is 138 cm³/mol. The Bertz CT molecular complexity index is 1650. The predicted octanol–water partition coefficient (Wildman–Crippen LogP) is 5.38. The number of hydrogen-bond donors (Lipinski definition) is 1. The third kappa shape index (κ3) is 6.01. The van der Waals surface area contributed by atoms with Crippen LogP contribution in [0.15, 0.2) is 66.2 Å². The number of carbonyl (C=O) groups is 3. The first-order chi connectivity index (χ1) is 19.8. The Kier molecular flexibility index (Phi) is 7.90. The molecule has 1 fully saturated rings. The smallest absolute Gasteiger partial charge is 0.416 e. The summed E-state index contributed by atoms with van der Waals surface area (Å²) >= 11 is 0. The van der Waals surface area contributed by atoms with Gasteiger partial charge in [-0.25, -0.2) is 9.69 Å². The normalized spacial score (nSPS) is 14.5. The Hall–Kier alpha value is -5.80. The van der Waals surface area contributed by atoms with E-state index in [2.05, 4.69) is 0 Å². The number of nitro benzene ring substituents is 2. The van der Waals surface area contributed by atoms with E-state index in [0.717, 1.165) is 36.4 Å². The van der Waals surface area contributed by atoms with Gasteiger partial charge in [0.05, 0.1) is 27.7 Å². The van der Waals surface area contributed by atoms with E-state index < -0.39 is 56.4 Å². The van der Waals surface area contributed by atoms with Crippen molar-refractivity contribution in [2.75, 3.05) is 11.5 Å². The van der Waals surface area contributed by atoms with Gasteiger partial charge in [0.25, 0.3) is 17.5 Å². The molecule has 0 atom stereocenters. The molecule has 1 heterocycles. The average Bonchev–Trinajstić information content (AvgIpc) is 2.92. The molecule has 4 amide bonds. The lowest BCUT2D eigenvalue weighted by Crippen LogP contribution is -2.54. The molecule has 0 bridgehead atoms. The Morgan fingerprint density at radius 2 is 1.57 bits per heavy atom. The Morgan fingerprint density at radius 1 is 0.905 bits per heavy atom. The number of nitrogens with zero attached hydrogens (tertiary/aromatic N) is 3. The molecule has 0 spiro atoms. The highest BCUT2D eigenvalue weighted by atomic mass is 19.4. The second-order valence-electron chi connectivity index (χ2n) is 8.41. The molecule has 216 valence electrons. The third-order valence-electron chi connectivity index (χ3n) is 5.70. The maximum Gasteiger partial charge on any atom is 0.416 e. The van der Waals surface area contributed by atoms with Crippen LogP contribution in [0.1, 0.15) is 18.1 Å². The monoisotopic (exact) mass is 586 g/mol. The number of non-ortho nitro benzene ring substituents is 1. The zero-order valence-corrected chi connectivity index (χ0v) is 21.2. The first kappa shape index (κ1) is 29.2. The summed E-state index contributed by atoms with van der Waals surface area (Å²) in [4.78, 5) is 59.3. The maximum atomic E-state index is 13.1. The number of alkyl halides is 3. The van der Waals surface area contributed by atoms with Gasteiger partial charge in [-0.05, 0) is 55.0 Å². The number of anilines is 1. The first-order valence-corrected chi connectivity index (χ1v) is 11.8. The van der Waals surface area contributed by atoms with Crippen LogP contribution in [-0.2, 0) is 15.8 Å². The standard InChI is InChI=1S/C26H17F3N4O9/c1-2-41-22-12-14(3-9-21(22)42-20-10-4-15(26(27,28)29)13-19(20)33(39)40)11-18-23(34)30-25(36)31(24(18)35)16-5-7-17(8-6-16)32(37)38/h3-13H,2H2,1H3,(H,30,34,36)/b18-11+. The molecule has 42 heavy (non-hydrogen) atoms. The lowest BCUT2D eigenvalue weighted by molar-refractivity contribution is -0.385. The van der Waals surface area contributed by atoms with E-state index in [0.29, 0.717) is 17.0 Å². The molecule has 3 aromatic carbocycles. The number of nitro groups is 2. The fourth-order valence-electron chi connectivity index (χ4n) is 3.79. The van der Waals surface area contributed by atoms with E-state index in [-0.39, 0.29) is 35.0 Å². The van der Waals surface area contributed by atoms with Crippen molar-refractivity contribution in [2.45, 2.75) is 13.1 Å².